The molecule has 0 bridgehead atoms. The number of aryl methyl sites for hydroxylation is 1. The zero-order valence-corrected chi connectivity index (χ0v) is 13.3. The van der Waals surface area contributed by atoms with Crippen LogP contribution in [0.15, 0.2) is 15.8 Å². The molecule has 0 radical (unpaired) electrons. The summed E-state index contributed by atoms with van der Waals surface area (Å²) in [5, 5.41) is 0.405. The molecule has 3 rings (SSSR count). The summed E-state index contributed by atoms with van der Waals surface area (Å²) in [6, 6.07) is 0. The molecule has 0 N–H and O–H groups in total. The normalized spacial score (nSPS) is 16.8. The predicted octanol–water partition coefficient (Wildman–Crippen LogP) is 1.27. The van der Waals surface area contributed by atoms with E-state index in [2.05, 4.69) is 4.98 Å². The first kappa shape index (κ1) is 14.7. The summed E-state index contributed by atoms with van der Waals surface area (Å²) in [7, 11) is 1.60. The molecule has 0 amide bonds. The lowest BCUT2D eigenvalue weighted by atomic mass is 9.73. The number of nitrogens with zero attached hydrogens (tertiary/aromatic N) is 3. The molecule has 0 aliphatic heterocycles. The van der Waals surface area contributed by atoms with E-state index in [1.165, 1.54) is 15.3 Å². The predicted molar refractivity (Wildman–Crippen MR) is 83.4 cm³/mol. The highest BCUT2D eigenvalue weighted by atomic mass is 16.2. The van der Waals surface area contributed by atoms with Crippen LogP contribution < -0.4 is 11.2 Å². The molecule has 2 aromatic rings. The smallest absolute Gasteiger partial charge is 0.294 e. The van der Waals surface area contributed by atoms with Gasteiger partial charge in [0.05, 0.1) is 5.39 Å². The number of pyridine rings is 1. The van der Waals surface area contributed by atoms with Crippen molar-refractivity contribution in [2.45, 2.75) is 40.2 Å². The summed E-state index contributed by atoms with van der Waals surface area (Å²) in [4.78, 5) is 41.5. The Hall–Kier alpha value is -2.24. The van der Waals surface area contributed by atoms with Crippen LogP contribution in [0.1, 0.15) is 43.1 Å². The Balaban J connectivity index is 2.52. The molecule has 0 atom stereocenters. The molecule has 0 fully saturated rings. The van der Waals surface area contributed by atoms with Crippen molar-refractivity contribution in [2.24, 2.45) is 12.5 Å². The first-order valence-electron chi connectivity index (χ1n) is 7.41. The van der Waals surface area contributed by atoms with Crippen LogP contribution in [-0.2, 0) is 20.0 Å². The van der Waals surface area contributed by atoms with Gasteiger partial charge < -0.3 is 0 Å². The molecule has 0 saturated heterocycles. The molecule has 116 valence electrons. The first-order valence-corrected chi connectivity index (χ1v) is 7.41. The SMILES string of the molecule is CCn1c(=O)c2c3c(cnc2n(C)c1=O)C(=O)CC(C)(C)C3. The van der Waals surface area contributed by atoms with E-state index in [-0.39, 0.29) is 22.4 Å². The Bertz CT molecular complexity index is 919. The second-order valence-electron chi connectivity index (χ2n) is 6.68. The van der Waals surface area contributed by atoms with Gasteiger partial charge in [-0.05, 0) is 24.3 Å². The van der Waals surface area contributed by atoms with E-state index >= 15 is 0 Å². The van der Waals surface area contributed by atoms with Crippen molar-refractivity contribution < 1.29 is 4.79 Å². The number of hydrogen-bond donors (Lipinski definition) is 0. The van der Waals surface area contributed by atoms with Crippen molar-refractivity contribution >= 4 is 16.8 Å². The maximum Gasteiger partial charge on any atom is 0.332 e. The van der Waals surface area contributed by atoms with Gasteiger partial charge in [-0.1, -0.05) is 13.8 Å². The molecule has 1 aliphatic rings. The zero-order valence-electron chi connectivity index (χ0n) is 13.3. The van der Waals surface area contributed by atoms with E-state index in [4.69, 9.17) is 0 Å². The second kappa shape index (κ2) is 4.63. The third-order valence-corrected chi connectivity index (χ3v) is 4.37. The van der Waals surface area contributed by atoms with Gasteiger partial charge in [-0.3, -0.25) is 18.7 Å². The molecule has 0 saturated carbocycles. The molecule has 2 aromatic heterocycles. The zero-order chi connectivity index (χ0) is 16.2. The van der Waals surface area contributed by atoms with Crippen molar-refractivity contribution in [1.82, 2.24) is 14.1 Å². The minimum Gasteiger partial charge on any atom is -0.294 e. The van der Waals surface area contributed by atoms with Gasteiger partial charge in [-0.25, -0.2) is 9.78 Å². The number of Topliss-reactive ketones (excluding diaryl/α,β-unsaturated/α-hetero) is 1. The molecule has 0 aromatic carbocycles. The highest BCUT2D eigenvalue weighted by Gasteiger charge is 2.33. The Morgan fingerprint density at radius 1 is 1.23 bits per heavy atom. The quantitative estimate of drug-likeness (QED) is 0.795. The molecule has 0 unspecified atom stereocenters. The van der Waals surface area contributed by atoms with Gasteiger partial charge in [0.1, 0.15) is 5.65 Å². The summed E-state index contributed by atoms with van der Waals surface area (Å²) in [6.07, 6.45) is 2.58. The Morgan fingerprint density at radius 2 is 1.91 bits per heavy atom. The topological polar surface area (TPSA) is 74.0 Å². The molecule has 6 nitrogen and oxygen atoms in total. The summed E-state index contributed by atoms with van der Waals surface area (Å²) >= 11 is 0. The number of rotatable bonds is 1. The Labute approximate surface area is 127 Å². The standard InChI is InChI=1S/C16H19N3O3/c1-5-19-14(21)12-9-6-16(2,3)7-11(20)10(9)8-17-13(12)18(4)15(19)22/h8H,5-7H2,1-4H3. The van der Waals surface area contributed by atoms with Crippen molar-refractivity contribution in [3.05, 3.63) is 38.2 Å². The molecule has 22 heavy (non-hydrogen) atoms. The number of carbonyl (C=O) groups excluding carboxylic acids is 1. The second-order valence-corrected chi connectivity index (χ2v) is 6.68. The van der Waals surface area contributed by atoms with E-state index in [1.807, 2.05) is 13.8 Å². The van der Waals surface area contributed by atoms with E-state index in [0.29, 0.717) is 36.0 Å². The van der Waals surface area contributed by atoms with Gasteiger partial charge in [-0.2, -0.15) is 0 Å². The Morgan fingerprint density at radius 3 is 2.55 bits per heavy atom. The van der Waals surface area contributed by atoms with Gasteiger partial charge in [0.15, 0.2) is 5.78 Å². The van der Waals surface area contributed by atoms with Gasteiger partial charge in [0.25, 0.3) is 5.56 Å². The Kier molecular flexibility index (Phi) is 3.09. The number of ketones is 1. The third-order valence-electron chi connectivity index (χ3n) is 4.37. The van der Waals surface area contributed by atoms with Crippen LogP contribution in [0, 0.1) is 5.41 Å². The average Bonchev–Trinajstić information content (AvgIpc) is 2.43. The lowest BCUT2D eigenvalue weighted by Gasteiger charge is -2.30. The van der Waals surface area contributed by atoms with Gasteiger partial charge in [0.2, 0.25) is 0 Å². The fourth-order valence-corrected chi connectivity index (χ4v) is 3.28. The maximum absolute atomic E-state index is 12.7. The monoisotopic (exact) mass is 301 g/mol. The third kappa shape index (κ3) is 1.94. The van der Waals surface area contributed by atoms with Crippen LogP contribution in [0.4, 0.5) is 0 Å². The summed E-state index contributed by atoms with van der Waals surface area (Å²) in [5.41, 5.74) is 0.670. The number of carbonyl (C=O) groups is 1. The van der Waals surface area contributed by atoms with Gasteiger partial charge in [-0.15, -0.1) is 0 Å². The van der Waals surface area contributed by atoms with Crippen LogP contribution in [-0.4, -0.2) is 19.9 Å². The van der Waals surface area contributed by atoms with E-state index in [1.54, 1.807) is 14.0 Å². The number of fused-ring (bicyclic) bond motifs is 3. The number of hydrogen-bond acceptors (Lipinski definition) is 4. The summed E-state index contributed by atoms with van der Waals surface area (Å²) in [5.74, 6) is 0.0111. The lowest BCUT2D eigenvalue weighted by Crippen LogP contribution is -2.40. The minimum atomic E-state index is -0.381. The maximum atomic E-state index is 12.7. The summed E-state index contributed by atoms with van der Waals surface area (Å²) < 4.78 is 2.57. The minimum absolute atomic E-state index is 0.0111. The van der Waals surface area contributed by atoms with E-state index in [0.717, 1.165) is 5.56 Å². The van der Waals surface area contributed by atoms with Crippen LogP contribution in [0.2, 0.25) is 0 Å². The first-order chi connectivity index (χ1) is 10.3. The van der Waals surface area contributed by atoms with Crippen molar-refractivity contribution in [1.29, 1.82) is 0 Å². The van der Waals surface area contributed by atoms with Crippen molar-refractivity contribution in [2.75, 3.05) is 0 Å². The molecular weight excluding hydrogens is 282 g/mol. The van der Waals surface area contributed by atoms with Gasteiger partial charge >= 0.3 is 5.69 Å². The fourth-order valence-electron chi connectivity index (χ4n) is 3.28. The van der Waals surface area contributed by atoms with Gasteiger partial charge in [0, 0.05) is 31.8 Å². The molecule has 0 spiro atoms. The molecule has 1 aliphatic carbocycles. The lowest BCUT2D eigenvalue weighted by molar-refractivity contribution is 0.0912. The van der Waals surface area contributed by atoms with Crippen molar-refractivity contribution in [3.63, 3.8) is 0 Å². The fraction of sp³-hybridized carbons (Fsp3) is 0.500. The molecule has 2 heterocycles. The highest BCUT2D eigenvalue weighted by Crippen LogP contribution is 2.36. The largest absolute Gasteiger partial charge is 0.332 e. The van der Waals surface area contributed by atoms with Crippen LogP contribution >= 0.6 is 0 Å². The molecule has 6 heteroatoms. The van der Waals surface area contributed by atoms with Crippen LogP contribution in [0.5, 0.6) is 0 Å². The summed E-state index contributed by atoms with van der Waals surface area (Å²) in [6.45, 7) is 6.08. The van der Waals surface area contributed by atoms with Crippen LogP contribution in [0.25, 0.3) is 11.0 Å². The van der Waals surface area contributed by atoms with Crippen LogP contribution in [0.3, 0.4) is 0 Å². The van der Waals surface area contributed by atoms with Crippen molar-refractivity contribution in [3.8, 4) is 0 Å². The molecular formula is C16H19N3O3. The average molecular weight is 301 g/mol. The highest BCUT2D eigenvalue weighted by molar-refractivity contribution is 6.02. The van der Waals surface area contributed by atoms with E-state index < -0.39 is 0 Å². The van der Waals surface area contributed by atoms with E-state index in [9.17, 15) is 14.4 Å². The number of aromatic nitrogens is 3.